The molecule has 0 unspecified atom stereocenters. The summed E-state index contributed by atoms with van der Waals surface area (Å²) >= 11 is 0. The molecule has 0 saturated carbocycles. The number of nitrogens with zero attached hydrogens (tertiary/aromatic N) is 3. The van der Waals surface area contributed by atoms with Crippen LogP contribution in [0.1, 0.15) is 16.7 Å². The molecule has 4 heteroatoms. The smallest absolute Gasteiger partial charge is 0.0904 e. The van der Waals surface area contributed by atoms with Gasteiger partial charge in [-0.15, -0.1) is 5.11 Å². The molecule has 0 aliphatic carbocycles. The minimum atomic E-state index is 0.714. The van der Waals surface area contributed by atoms with Gasteiger partial charge >= 0.3 is 0 Å². The predicted molar refractivity (Wildman–Crippen MR) is 90.5 cm³/mol. The molecule has 4 nitrogen and oxygen atoms in total. The van der Waals surface area contributed by atoms with Crippen LogP contribution in [-0.4, -0.2) is 31.3 Å². The van der Waals surface area contributed by atoms with Crippen molar-refractivity contribution in [3.8, 4) is 11.8 Å². The van der Waals surface area contributed by atoms with E-state index in [4.69, 9.17) is 4.74 Å². The van der Waals surface area contributed by atoms with Crippen molar-refractivity contribution in [3.63, 3.8) is 0 Å². The topological polar surface area (TPSA) is 37.2 Å². The molecule has 1 aliphatic heterocycles. The summed E-state index contributed by atoms with van der Waals surface area (Å²) in [7, 11) is 0. The fourth-order valence-electron chi connectivity index (χ4n) is 2.27. The Balaban J connectivity index is 1.71. The average molecular weight is 305 g/mol. The quantitative estimate of drug-likeness (QED) is 0.626. The second-order valence-electron chi connectivity index (χ2n) is 5.37. The van der Waals surface area contributed by atoms with Crippen molar-refractivity contribution in [2.45, 2.75) is 6.92 Å². The van der Waals surface area contributed by atoms with E-state index in [1.807, 2.05) is 60.5 Å². The first-order valence-corrected chi connectivity index (χ1v) is 7.73. The van der Waals surface area contributed by atoms with Gasteiger partial charge < -0.3 is 4.74 Å². The van der Waals surface area contributed by atoms with Gasteiger partial charge in [-0.3, -0.25) is 5.01 Å². The fourth-order valence-corrected chi connectivity index (χ4v) is 2.27. The first-order valence-electron chi connectivity index (χ1n) is 7.73. The molecule has 0 N–H and O–H groups in total. The lowest BCUT2D eigenvalue weighted by Crippen LogP contribution is -2.31. The predicted octanol–water partition coefficient (Wildman–Crippen LogP) is 3.73. The molecule has 1 aliphatic rings. The van der Waals surface area contributed by atoms with Crippen LogP contribution in [0.25, 0.3) is 0 Å². The molecule has 0 spiro atoms. The molecule has 1 heterocycles. The van der Waals surface area contributed by atoms with Crippen LogP contribution in [0.5, 0.6) is 0 Å². The van der Waals surface area contributed by atoms with Gasteiger partial charge in [-0.1, -0.05) is 35.3 Å². The van der Waals surface area contributed by atoms with E-state index in [-0.39, 0.29) is 0 Å². The summed E-state index contributed by atoms with van der Waals surface area (Å²) in [5, 5.41) is 10.6. The Bertz CT molecular complexity index is 738. The zero-order valence-corrected chi connectivity index (χ0v) is 13.2. The van der Waals surface area contributed by atoms with Gasteiger partial charge in [0.05, 0.1) is 32.0 Å². The van der Waals surface area contributed by atoms with E-state index < -0.39 is 0 Å². The number of hydrogen-bond donors (Lipinski definition) is 0. The maximum Gasteiger partial charge on any atom is 0.0904 e. The molecule has 0 bridgehead atoms. The van der Waals surface area contributed by atoms with Crippen LogP contribution in [0.15, 0.2) is 58.9 Å². The molecular weight excluding hydrogens is 286 g/mol. The highest BCUT2D eigenvalue weighted by Gasteiger charge is 2.07. The Morgan fingerprint density at radius 2 is 1.70 bits per heavy atom. The van der Waals surface area contributed by atoms with Crippen LogP contribution < -0.4 is 0 Å². The van der Waals surface area contributed by atoms with Crippen molar-refractivity contribution < 1.29 is 4.74 Å². The van der Waals surface area contributed by atoms with Gasteiger partial charge in [0.2, 0.25) is 0 Å². The molecule has 3 rings (SSSR count). The van der Waals surface area contributed by atoms with Gasteiger partial charge in [-0.25, -0.2) is 0 Å². The number of ether oxygens (including phenoxy) is 1. The lowest BCUT2D eigenvalue weighted by molar-refractivity contribution is 0.0353. The SMILES string of the molecule is Cc1cc(C#Cc2ccccc2)ccc1N=NN1CCOCC1. The van der Waals surface area contributed by atoms with Crippen LogP contribution in [0.2, 0.25) is 0 Å². The maximum absolute atomic E-state index is 5.30. The second-order valence-corrected chi connectivity index (χ2v) is 5.37. The van der Waals surface area contributed by atoms with Crippen molar-refractivity contribution >= 4 is 5.69 Å². The molecule has 0 atom stereocenters. The average Bonchev–Trinajstić information content (AvgIpc) is 2.61. The fraction of sp³-hybridized carbons (Fsp3) is 0.263. The van der Waals surface area contributed by atoms with E-state index in [1.165, 1.54) is 0 Å². The molecule has 0 amide bonds. The van der Waals surface area contributed by atoms with Gasteiger partial charge in [0.1, 0.15) is 0 Å². The Kier molecular flexibility index (Phi) is 5.02. The Morgan fingerprint density at radius 3 is 2.43 bits per heavy atom. The summed E-state index contributed by atoms with van der Waals surface area (Å²) in [5.41, 5.74) is 3.95. The molecule has 23 heavy (non-hydrogen) atoms. The lowest BCUT2D eigenvalue weighted by Gasteiger charge is -2.22. The molecule has 116 valence electrons. The molecule has 2 aromatic carbocycles. The van der Waals surface area contributed by atoms with Gasteiger partial charge in [0.25, 0.3) is 0 Å². The summed E-state index contributed by atoms with van der Waals surface area (Å²) in [4.78, 5) is 0. The standard InChI is InChI=1S/C19H19N3O/c1-16-15-18(8-7-17-5-3-2-4-6-17)9-10-19(16)20-21-22-11-13-23-14-12-22/h2-6,9-10,15H,11-14H2,1H3. The van der Waals surface area contributed by atoms with Gasteiger partial charge in [-0.2, -0.15) is 0 Å². The van der Waals surface area contributed by atoms with Gasteiger partial charge in [0.15, 0.2) is 0 Å². The molecule has 1 fully saturated rings. The van der Waals surface area contributed by atoms with Crippen LogP contribution in [0.4, 0.5) is 5.69 Å². The Hall–Kier alpha value is -2.64. The van der Waals surface area contributed by atoms with Gasteiger partial charge in [0, 0.05) is 11.1 Å². The summed E-state index contributed by atoms with van der Waals surface area (Å²) in [6, 6.07) is 16.0. The van der Waals surface area contributed by atoms with Crippen molar-refractivity contribution in [2.75, 3.05) is 26.3 Å². The van der Waals surface area contributed by atoms with Crippen molar-refractivity contribution in [3.05, 3.63) is 65.2 Å². The van der Waals surface area contributed by atoms with E-state index in [0.717, 1.165) is 35.5 Å². The Labute approximate surface area is 136 Å². The van der Waals surface area contributed by atoms with Crippen LogP contribution >= 0.6 is 0 Å². The third kappa shape index (κ3) is 4.41. The summed E-state index contributed by atoms with van der Waals surface area (Å²) in [6.07, 6.45) is 0. The van der Waals surface area contributed by atoms with E-state index >= 15 is 0 Å². The highest BCUT2D eigenvalue weighted by molar-refractivity contribution is 5.52. The number of benzene rings is 2. The number of aryl methyl sites for hydroxylation is 1. The second kappa shape index (κ2) is 7.57. The third-order valence-electron chi connectivity index (χ3n) is 3.59. The molecule has 2 aromatic rings. The van der Waals surface area contributed by atoms with E-state index in [2.05, 4.69) is 22.2 Å². The number of morpholine rings is 1. The number of rotatable bonds is 2. The van der Waals surface area contributed by atoms with E-state index in [9.17, 15) is 0 Å². The monoisotopic (exact) mass is 305 g/mol. The normalized spacial score (nSPS) is 14.6. The molecule has 0 radical (unpaired) electrons. The summed E-state index contributed by atoms with van der Waals surface area (Å²) in [5.74, 6) is 6.35. The van der Waals surface area contributed by atoms with Crippen LogP contribution in [0.3, 0.4) is 0 Å². The molecule has 1 saturated heterocycles. The summed E-state index contributed by atoms with van der Waals surface area (Å²) in [6.45, 7) is 5.05. The molecule has 0 aromatic heterocycles. The van der Waals surface area contributed by atoms with Crippen molar-refractivity contribution in [2.24, 2.45) is 10.3 Å². The van der Waals surface area contributed by atoms with Crippen LogP contribution in [0, 0.1) is 18.8 Å². The van der Waals surface area contributed by atoms with Crippen LogP contribution in [-0.2, 0) is 4.74 Å². The summed E-state index contributed by atoms with van der Waals surface area (Å²) < 4.78 is 5.30. The minimum Gasteiger partial charge on any atom is -0.378 e. The highest BCUT2D eigenvalue weighted by Crippen LogP contribution is 2.20. The molecular formula is C19H19N3O. The largest absolute Gasteiger partial charge is 0.378 e. The van der Waals surface area contributed by atoms with Crippen molar-refractivity contribution in [1.29, 1.82) is 0 Å². The zero-order chi connectivity index (χ0) is 15.9. The first kappa shape index (κ1) is 15.3. The van der Waals surface area contributed by atoms with E-state index in [1.54, 1.807) is 0 Å². The maximum atomic E-state index is 5.30. The highest BCUT2D eigenvalue weighted by atomic mass is 16.5. The zero-order valence-electron chi connectivity index (χ0n) is 13.2. The van der Waals surface area contributed by atoms with Crippen molar-refractivity contribution in [1.82, 2.24) is 5.01 Å². The lowest BCUT2D eigenvalue weighted by atomic mass is 10.1. The first-order chi connectivity index (χ1) is 11.3. The Morgan fingerprint density at radius 1 is 0.957 bits per heavy atom. The third-order valence-corrected chi connectivity index (χ3v) is 3.59. The minimum absolute atomic E-state index is 0.714. The van der Waals surface area contributed by atoms with Gasteiger partial charge in [-0.05, 0) is 42.8 Å². The van der Waals surface area contributed by atoms with E-state index in [0.29, 0.717) is 13.2 Å². The number of hydrogen-bond acceptors (Lipinski definition) is 3.